The molecule has 1 atom stereocenters. The molecule has 9 nitrogen and oxygen atoms in total. The zero-order valence-electron chi connectivity index (χ0n) is 16.0. The number of rotatable bonds is 4. The number of aryl methyl sites for hydroxylation is 1. The highest BCUT2D eigenvalue weighted by Crippen LogP contribution is 2.28. The van der Waals surface area contributed by atoms with Crippen molar-refractivity contribution in [2.45, 2.75) is 19.9 Å². The Bertz CT molecular complexity index is 1330. The van der Waals surface area contributed by atoms with E-state index in [9.17, 15) is 0 Å². The minimum Gasteiger partial charge on any atom is -0.368 e. The number of nitrogen functional groups attached to an aromatic ring is 1. The molecule has 0 radical (unpaired) electrons. The summed E-state index contributed by atoms with van der Waals surface area (Å²) in [6.07, 6.45) is 3.45. The van der Waals surface area contributed by atoms with Crippen molar-refractivity contribution in [3.8, 4) is 5.69 Å². The molecule has 144 valence electrons. The van der Waals surface area contributed by atoms with Gasteiger partial charge in [0, 0.05) is 11.9 Å². The number of anilines is 2. The molecule has 4 heterocycles. The Hall–Kier alpha value is -4.01. The molecule has 0 aliphatic carbocycles. The van der Waals surface area contributed by atoms with Gasteiger partial charge in [0.1, 0.15) is 17.2 Å². The predicted molar refractivity (Wildman–Crippen MR) is 112 cm³/mol. The molecule has 0 bridgehead atoms. The van der Waals surface area contributed by atoms with Gasteiger partial charge in [0.2, 0.25) is 5.95 Å². The van der Waals surface area contributed by atoms with Crippen LogP contribution >= 0.6 is 0 Å². The standard InChI is InChI=1S/C20H19N9/c1-11-5-3-6-13(9-11)29-18(25-15-7-4-8-22-19(15)29)12(2)24-16-14-10-23-28-17(14)27-20(21)26-16/h3-10,12H,1-2H3,(H4,21,23,24,26,27,28). The number of aromatic nitrogens is 7. The topological polar surface area (TPSA) is 123 Å². The summed E-state index contributed by atoms with van der Waals surface area (Å²) < 4.78 is 2.07. The molecule has 0 amide bonds. The van der Waals surface area contributed by atoms with Crippen molar-refractivity contribution in [1.82, 2.24) is 34.7 Å². The lowest BCUT2D eigenvalue weighted by Gasteiger charge is -2.17. The van der Waals surface area contributed by atoms with E-state index in [-0.39, 0.29) is 12.0 Å². The molecule has 29 heavy (non-hydrogen) atoms. The van der Waals surface area contributed by atoms with Crippen molar-refractivity contribution in [2.75, 3.05) is 11.1 Å². The first kappa shape index (κ1) is 17.1. The minimum atomic E-state index is -0.183. The van der Waals surface area contributed by atoms with Gasteiger partial charge >= 0.3 is 0 Å². The van der Waals surface area contributed by atoms with E-state index in [0.29, 0.717) is 11.5 Å². The van der Waals surface area contributed by atoms with Gasteiger partial charge in [0.25, 0.3) is 0 Å². The van der Waals surface area contributed by atoms with Crippen LogP contribution in [0, 0.1) is 6.92 Å². The van der Waals surface area contributed by atoms with E-state index in [1.807, 2.05) is 25.1 Å². The van der Waals surface area contributed by atoms with Crippen LogP contribution in [0.15, 0.2) is 48.8 Å². The van der Waals surface area contributed by atoms with Gasteiger partial charge in [-0.3, -0.25) is 9.67 Å². The van der Waals surface area contributed by atoms with Crippen LogP contribution in [-0.4, -0.2) is 34.7 Å². The molecule has 9 heteroatoms. The van der Waals surface area contributed by atoms with E-state index in [4.69, 9.17) is 10.7 Å². The lowest BCUT2D eigenvalue weighted by Crippen LogP contribution is -2.15. The van der Waals surface area contributed by atoms with Crippen molar-refractivity contribution < 1.29 is 0 Å². The van der Waals surface area contributed by atoms with Crippen LogP contribution in [0.3, 0.4) is 0 Å². The number of aromatic amines is 1. The normalized spacial score (nSPS) is 12.5. The first-order chi connectivity index (χ1) is 14.1. The Morgan fingerprint density at radius 3 is 2.90 bits per heavy atom. The van der Waals surface area contributed by atoms with Crippen LogP contribution in [-0.2, 0) is 0 Å². The highest BCUT2D eigenvalue weighted by molar-refractivity contribution is 5.87. The average Bonchev–Trinajstić information content (AvgIpc) is 3.32. The van der Waals surface area contributed by atoms with E-state index in [1.54, 1.807) is 12.4 Å². The number of nitrogens with zero attached hydrogens (tertiary/aromatic N) is 6. The third kappa shape index (κ3) is 2.92. The van der Waals surface area contributed by atoms with Crippen LogP contribution in [0.2, 0.25) is 0 Å². The molecule has 4 aromatic heterocycles. The van der Waals surface area contributed by atoms with Crippen LogP contribution in [0.25, 0.3) is 27.9 Å². The summed E-state index contributed by atoms with van der Waals surface area (Å²) in [7, 11) is 0. The molecule has 0 saturated heterocycles. The summed E-state index contributed by atoms with van der Waals surface area (Å²) in [5, 5.41) is 11.0. The van der Waals surface area contributed by atoms with Gasteiger partial charge in [0.15, 0.2) is 11.3 Å². The van der Waals surface area contributed by atoms with Crippen molar-refractivity contribution in [1.29, 1.82) is 0 Å². The first-order valence-electron chi connectivity index (χ1n) is 9.23. The zero-order chi connectivity index (χ0) is 20.0. The predicted octanol–water partition coefficient (Wildman–Crippen LogP) is 3.15. The second-order valence-electron chi connectivity index (χ2n) is 6.92. The third-order valence-corrected chi connectivity index (χ3v) is 4.77. The van der Waals surface area contributed by atoms with Gasteiger partial charge in [-0.2, -0.15) is 15.1 Å². The Morgan fingerprint density at radius 2 is 2.03 bits per heavy atom. The van der Waals surface area contributed by atoms with E-state index in [1.165, 1.54) is 0 Å². The highest BCUT2D eigenvalue weighted by Gasteiger charge is 2.20. The molecule has 5 aromatic rings. The van der Waals surface area contributed by atoms with Crippen LogP contribution in [0.5, 0.6) is 0 Å². The lowest BCUT2D eigenvalue weighted by atomic mass is 10.2. The average molecular weight is 385 g/mol. The third-order valence-electron chi connectivity index (χ3n) is 4.77. The molecule has 1 aromatic carbocycles. The van der Waals surface area contributed by atoms with Crippen LogP contribution in [0.1, 0.15) is 24.4 Å². The lowest BCUT2D eigenvalue weighted by molar-refractivity contribution is 0.767. The number of hydrogen-bond donors (Lipinski definition) is 3. The Kier molecular flexibility index (Phi) is 3.87. The Labute approximate surface area is 166 Å². The number of H-pyrrole nitrogens is 1. The molecular weight excluding hydrogens is 366 g/mol. The SMILES string of the molecule is Cc1cccc(-n2c(C(C)Nc3nc(N)nc4[nH]ncc34)nc3cccnc32)c1. The molecule has 5 rings (SSSR count). The number of pyridine rings is 1. The monoisotopic (exact) mass is 385 g/mol. The van der Waals surface area contributed by atoms with Crippen molar-refractivity contribution in [3.05, 3.63) is 60.2 Å². The van der Waals surface area contributed by atoms with Gasteiger partial charge in [-0.25, -0.2) is 9.97 Å². The maximum absolute atomic E-state index is 5.86. The molecule has 0 aliphatic heterocycles. The van der Waals surface area contributed by atoms with Crippen LogP contribution in [0.4, 0.5) is 11.8 Å². The summed E-state index contributed by atoms with van der Waals surface area (Å²) in [6.45, 7) is 4.09. The van der Waals surface area contributed by atoms with Crippen molar-refractivity contribution in [3.63, 3.8) is 0 Å². The smallest absolute Gasteiger partial charge is 0.224 e. The highest BCUT2D eigenvalue weighted by atomic mass is 15.2. The fourth-order valence-electron chi connectivity index (χ4n) is 3.47. The number of imidazole rings is 1. The quantitative estimate of drug-likeness (QED) is 0.434. The fourth-order valence-corrected chi connectivity index (χ4v) is 3.47. The Balaban J connectivity index is 1.64. The maximum atomic E-state index is 5.86. The van der Waals surface area contributed by atoms with E-state index < -0.39 is 0 Å². The van der Waals surface area contributed by atoms with E-state index in [0.717, 1.165) is 33.6 Å². The van der Waals surface area contributed by atoms with Gasteiger partial charge < -0.3 is 11.1 Å². The minimum absolute atomic E-state index is 0.172. The number of benzene rings is 1. The largest absolute Gasteiger partial charge is 0.368 e. The number of fused-ring (bicyclic) bond motifs is 2. The van der Waals surface area contributed by atoms with Gasteiger partial charge in [-0.15, -0.1) is 0 Å². The second-order valence-corrected chi connectivity index (χ2v) is 6.92. The Morgan fingerprint density at radius 1 is 1.14 bits per heavy atom. The molecule has 0 saturated carbocycles. The van der Waals surface area contributed by atoms with Gasteiger partial charge in [0.05, 0.1) is 17.6 Å². The van der Waals surface area contributed by atoms with E-state index >= 15 is 0 Å². The maximum Gasteiger partial charge on any atom is 0.224 e. The number of hydrogen-bond acceptors (Lipinski definition) is 7. The van der Waals surface area contributed by atoms with Crippen LogP contribution < -0.4 is 11.1 Å². The first-order valence-corrected chi connectivity index (χ1v) is 9.23. The number of nitrogens with one attached hydrogen (secondary N) is 2. The van der Waals surface area contributed by atoms with Crippen molar-refractivity contribution >= 4 is 34.0 Å². The molecule has 0 spiro atoms. The molecule has 0 fully saturated rings. The fraction of sp³-hybridized carbons (Fsp3) is 0.150. The summed E-state index contributed by atoms with van der Waals surface area (Å²) in [5.74, 6) is 1.59. The second kappa shape index (κ2) is 6.55. The molecule has 0 aliphatic rings. The molecular formula is C20H19N9. The van der Waals surface area contributed by atoms with Gasteiger partial charge in [-0.1, -0.05) is 12.1 Å². The molecule has 4 N–H and O–H groups in total. The van der Waals surface area contributed by atoms with E-state index in [2.05, 4.69) is 60.2 Å². The summed E-state index contributed by atoms with van der Waals surface area (Å²) in [4.78, 5) is 17.9. The summed E-state index contributed by atoms with van der Waals surface area (Å²) in [6, 6.07) is 11.9. The summed E-state index contributed by atoms with van der Waals surface area (Å²) >= 11 is 0. The van der Waals surface area contributed by atoms with Gasteiger partial charge in [-0.05, 0) is 43.7 Å². The molecule has 1 unspecified atom stereocenters. The number of nitrogens with two attached hydrogens (primary N) is 1. The zero-order valence-corrected chi connectivity index (χ0v) is 16.0. The van der Waals surface area contributed by atoms with Crippen molar-refractivity contribution in [2.24, 2.45) is 0 Å². The summed E-state index contributed by atoms with van der Waals surface area (Å²) in [5.41, 5.74) is 10.2.